The van der Waals surface area contributed by atoms with Crippen LogP contribution in [0.4, 0.5) is 0 Å². The molecule has 0 bridgehead atoms. The van der Waals surface area contributed by atoms with Crippen LogP contribution in [-0.2, 0) is 17.8 Å². The van der Waals surface area contributed by atoms with Crippen molar-refractivity contribution in [3.63, 3.8) is 0 Å². The van der Waals surface area contributed by atoms with Gasteiger partial charge in [0, 0.05) is 25.7 Å². The fourth-order valence-electron chi connectivity index (χ4n) is 3.02. The fraction of sp³-hybridized carbons (Fsp3) is 0.611. The van der Waals surface area contributed by atoms with E-state index in [1.165, 1.54) is 11.1 Å². The molecule has 2 rings (SSSR count). The number of hydrogen-bond acceptors (Lipinski definition) is 3. The normalized spacial score (nSPS) is 16.4. The Labute approximate surface area is 158 Å². The van der Waals surface area contributed by atoms with Crippen molar-refractivity contribution in [3.8, 4) is 0 Å². The molecular formula is C18H31Cl2N3O. The first-order valence-corrected chi connectivity index (χ1v) is 8.31. The van der Waals surface area contributed by atoms with Gasteiger partial charge >= 0.3 is 0 Å². The molecule has 0 saturated heterocycles. The topological polar surface area (TPSA) is 58.4 Å². The Kier molecular flexibility index (Phi) is 10.6. The number of hydrogen-bond donors (Lipinski definition) is 2. The number of nitrogens with two attached hydrogens (primary N) is 1. The lowest BCUT2D eigenvalue weighted by Gasteiger charge is -2.34. The molecule has 1 amide bonds. The Hall–Kier alpha value is -0.810. The van der Waals surface area contributed by atoms with E-state index in [2.05, 4.69) is 55.3 Å². The van der Waals surface area contributed by atoms with E-state index in [0.717, 1.165) is 25.9 Å². The van der Waals surface area contributed by atoms with E-state index in [1.54, 1.807) is 0 Å². The molecule has 1 heterocycles. The van der Waals surface area contributed by atoms with Gasteiger partial charge in [-0.05, 0) is 36.8 Å². The van der Waals surface area contributed by atoms with Crippen LogP contribution in [0.25, 0.3) is 0 Å². The summed E-state index contributed by atoms with van der Waals surface area (Å²) in [5.41, 5.74) is 8.78. The van der Waals surface area contributed by atoms with E-state index >= 15 is 0 Å². The third-order valence-electron chi connectivity index (χ3n) is 4.42. The second-order valence-electron chi connectivity index (χ2n) is 6.82. The summed E-state index contributed by atoms with van der Waals surface area (Å²) in [6, 6.07) is 8.54. The number of nitrogens with one attached hydrogen (secondary N) is 1. The molecular weight excluding hydrogens is 345 g/mol. The first-order chi connectivity index (χ1) is 10.5. The second kappa shape index (κ2) is 10.9. The summed E-state index contributed by atoms with van der Waals surface area (Å²) >= 11 is 0. The minimum atomic E-state index is -0.394. The average Bonchev–Trinajstić information content (AvgIpc) is 2.51. The number of halogens is 2. The minimum absolute atomic E-state index is 0. The number of nitrogens with zero attached hydrogens (tertiary/aromatic N) is 1. The van der Waals surface area contributed by atoms with Crippen LogP contribution in [-0.4, -0.2) is 36.0 Å². The number of benzene rings is 1. The van der Waals surface area contributed by atoms with Crippen molar-refractivity contribution in [2.24, 2.45) is 11.7 Å². The van der Waals surface area contributed by atoms with Crippen molar-refractivity contribution in [2.45, 2.75) is 52.2 Å². The van der Waals surface area contributed by atoms with Crippen LogP contribution in [0, 0.1) is 5.92 Å². The van der Waals surface area contributed by atoms with E-state index in [4.69, 9.17) is 5.73 Å². The summed E-state index contributed by atoms with van der Waals surface area (Å²) in [6.45, 7) is 9.01. The Balaban J connectivity index is 0.00000264. The first-order valence-electron chi connectivity index (χ1n) is 8.31. The largest absolute Gasteiger partial charge is 0.353 e. The molecule has 0 aliphatic carbocycles. The molecule has 1 aromatic carbocycles. The third kappa shape index (κ3) is 6.60. The lowest BCUT2D eigenvalue weighted by Crippen LogP contribution is -2.48. The maximum atomic E-state index is 12.0. The van der Waals surface area contributed by atoms with Crippen molar-refractivity contribution < 1.29 is 4.79 Å². The summed E-state index contributed by atoms with van der Waals surface area (Å²) in [4.78, 5) is 14.4. The smallest absolute Gasteiger partial charge is 0.236 e. The highest BCUT2D eigenvalue weighted by Crippen LogP contribution is 2.19. The highest BCUT2D eigenvalue weighted by molar-refractivity contribution is 5.85. The van der Waals surface area contributed by atoms with Gasteiger partial charge in [-0.15, -0.1) is 24.8 Å². The first kappa shape index (κ1) is 23.2. The Bertz CT molecular complexity index is 511. The molecule has 0 saturated carbocycles. The number of carbonyl (C=O) groups excluding carboxylic acids is 1. The molecule has 138 valence electrons. The molecule has 1 aromatic rings. The van der Waals surface area contributed by atoms with Gasteiger partial charge in [0.1, 0.15) is 0 Å². The molecule has 6 heteroatoms. The van der Waals surface area contributed by atoms with Gasteiger partial charge in [0.25, 0.3) is 0 Å². The van der Waals surface area contributed by atoms with Crippen molar-refractivity contribution in [2.75, 3.05) is 13.1 Å². The predicted octanol–water partition coefficient (Wildman–Crippen LogP) is 2.77. The number of amides is 1. The van der Waals surface area contributed by atoms with Crippen LogP contribution in [0.1, 0.15) is 38.3 Å². The standard InChI is InChI=1S/C18H29N3O.2ClH/c1-13(2)10-17(19)18(22)20-11-14(3)21-9-8-15-6-4-5-7-16(15)12-21;;/h4-7,13-14,17H,8-12,19H2,1-3H3,(H,20,22);2*1H/t14?,17-;;/m0../s1. The number of fused-ring (bicyclic) bond motifs is 1. The van der Waals surface area contributed by atoms with Gasteiger partial charge < -0.3 is 11.1 Å². The fourth-order valence-corrected chi connectivity index (χ4v) is 3.02. The van der Waals surface area contributed by atoms with E-state index in [9.17, 15) is 4.79 Å². The van der Waals surface area contributed by atoms with Gasteiger partial charge in [-0.1, -0.05) is 38.1 Å². The van der Waals surface area contributed by atoms with Crippen molar-refractivity contribution in [1.82, 2.24) is 10.2 Å². The van der Waals surface area contributed by atoms with Crippen LogP contribution in [0.15, 0.2) is 24.3 Å². The summed E-state index contributed by atoms with van der Waals surface area (Å²) in [6.07, 6.45) is 1.82. The van der Waals surface area contributed by atoms with E-state index in [0.29, 0.717) is 18.5 Å². The molecule has 24 heavy (non-hydrogen) atoms. The molecule has 3 N–H and O–H groups in total. The van der Waals surface area contributed by atoms with Crippen LogP contribution in [0.5, 0.6) is 0 Å². The maximum absolute atomic E-state index is 12.0. The molecule has 1 aliphatic rings. The molecule has 2 atom stereocenters. The van der Waals surface area contributed by atoms with Crippen molar-refractivity contribution in [1.29, 1.82) is 0 Å². The van der Waals surface area contributed by atoms with Crippen LogP contribution >= 0.6 is 24.8 Å². The molecule has 4 nitrogen and oxygen atoms in total. The third-order valence-corrected chi connectivity index (χ3v) is 4.42. The monoisotopic (exact) mass is 375 g/mol. The second-order valence-corrected chi connectivity index (χ2v) is 6.82. The van der Waals surface area contributed by atoms with Gasteiger partial charge in [-0.3, -0.25) is 9.69 Å². The lowest BCUT2D eigenvalue weighted by atomic mass is 9.99. The lowest BCUT2D eigenvalue weighted by molar-refractivity contribution is -0.122. The Morgan fingerprint density at radius 1 is 1.21 bits per heavy atom. The van der Waals surface area contributed by atoms with Crippen LogP contribution in [0.3, 0.4) is 0 Å². The average molecular weight is 376 g/mol. The quantitative estimate of drug-likeness (QED) is 0.803. The van der Waals surface area contributed by atoms with Crippen LogP contribution < -0.4 is 11.1 Å². The molecule has 0 fully saturated rings. The molecule has 0 radical (unpaired) electrons. The van der Waals surface area contributed by atoms with Gasteiger partial charge in [-0.2, -0.15) is 0 Å². The molecule has 1 unspecified atom stereocenters. The maximum Gasteiger partial charge on any atom is 0.236 e. The van der Waals surface area contributed by atoms with Gasteiger partial charge in [-0.25, -0.2) is 0 Å². The zero-order chi connectivity index (χ0) is 16.1. The predicted molar refractivity (Wildman–Crippen MR) is 105 cm³/mol. The van der Waals surface area contributed by atoms with Gasteiger partial charge in [0.05, 0.1) is 6.04 Å². The minimum Gasteiger partial charge on any atom is -0.353 e. The summed E-state index contributed by atoms with van der Waals surface area (Å²) in [7, 11) is 0. The number of carbonyl (C=O) groups is 1. The highest BCUT2D eigenvalue weighted by atomic mass is 35.5. The molecule has 1 aliphatic heterocycles. The Morgan fingerprint density at radius 3 is 2.46 bits per heavy atom. The zero-order valence-electron chi connectivity index (χ0n) is 14.8. The summed E-state index contributed by atoms with van der Waals surface area (Å²) in [5, 5.41) is 3.00. The number of rotatable bonds is 6. The van der Waals surface area contributed by atoms with E-state index < -0.39 is 6.04 Å². The van der Waals surface area contributed by atoms with Crippen molar-refractivity contribution in [3.05, 3.63) is 35.4 Å². The van der Waals surface area contributed by atoms with Crippen LogP contribution in [0.2, 0.25) is 0 Å². The zero-order valence-corrected chi connectivity index (χ0v) is 16.5. The Morgan fingerprint density at radius 2 is 1.83 bits per heavy atom. The van der Waals surface area contributed by atoms with E-state index in [-0.39, 0.29) is 30.7 Å². The summed E-state index contributed by atoms with van der Waals surface area (Å²) < 4.78 is 0. The van der Waals surface area contributed by atoms with E-state index in [1.807, 2.05) is 0 Å². The van der Waals surface area contributed by atoms with Gasteiger partial charge in [0.2, 0.25) is 5.91 Å². The van der Waals surface area contributed by atoms with Gasteiger partial charge in [0.15, 0.2) is 0 Å². The SMILES string of the molecule is CC(C)C[C@H](N)C(=O)NCC(C)N1CCc2ccccc2C1.Cl.Cl. The molecule has 0 aromatic heterocycles. The highest BCUT2D eigenvalue weighted by Gasteiger charge is 2.21. The van der Waals surface area contributed by atoms with Crippen molar-refractivity contribution >= 4 is 30.7 Å². The summed E-state index contributed by atoms with van der Waals surface area (Å²) in [5.74, 6) is 0.412. The molecule has 0 spiro atoms.